The van der Waals surface area contributed by atoms with Crippen molar-refractivity contribution in [1.82, 2.24) is 9.97 Å². The third-order valence-electron chi connectivity index (χ3n) is 3.09. The lowest BCUT2D eigenvalue weighted by Gasteiger charge is -2.17. The summed E-state index contributed by atoms with van der Waals surface area (Å²) >= 11 is 0. The van der Waals surface area contributed by atoms with Gasteiger partial charge in [-0.25, -0.2) is 9.97 Å². The molecule has 3 nitrogen and oxygen atoms in total. The van der Waals surface area contributed by atoms with Crippen molar-refractivity contribution in [3.8, 4) is 16.9 Å². The average Bonchev–Trinajstić information content (AvgIpc) is 2.44. The lowest BCUT2D eigenvalue weighted by atomic mass is 9.91. The summed E-state index contributed by atoms with van der Waals surface area (Å²) in [6.45, 7) is 7.53. The smallest absolute Gasteiger partial charge is 0.119 e. The Morgan fingerprint density at radius 2 is 1.60 bits per heavy atom. The standard InChI is InChI=1S/C17H22N2O/c1-17(2,3)9-4-10-20-16-7-5-14(6-8-16)15-11-18-13-19-12-15/h5-8,11-13H,4,9-10H2,1-3H3. The van der Waals surface area contributed by atoms with Gasteiger partial charge in [0, 0.05) is 18.0 Å². The lowest BCUT2D eigenvalue weighted by molar-refractivity contribution is 0.269. The molecule has 0 bridgehead atoms. The Bertz CT molecular complexity index is 515. The molecule has 1 heterocycles. The highest BCUT2D eigenvalue weighted by Gasteiger charge is 2.09. The van der Waals surface area contributed by atoms with Gasteiger partial charge in [-0.3, -0.25) is 0 Å². The first-order chi connectivity index (χ1) is 9.54. The molecule has 0 unspecified atom stereocenters. The van der Waals surface area contributed by atoms with Crippen LogP contribution < -0.4 is 4.74 Å². The number of ether oxygens (including phenoxy) is 1. The van der Waals surface area contributed by atoms with Crippen LogP contribution in [0, 0.1) is 5.41 Å². The van der Waals surface area contributed by atoms with Gasteiger partial charge in [-0.15, -0.1) is 0 Å². The fraction of sp³-hybridized carbons (Fsp3) is 0.412. The van der Waals surface area contributed by atoms with Crippen LogP contribution in [0.25, 0.3) is 11.1 Å². The molecule has 0 amide bonds. The first kappa shape index (κ1) is 14.5. The topological polar surface area (TPSA) is 35.0 Å². The van der Waals surface area contributed by atoms with Crippen molar-refractivity contribution < 1.29 is 4.74 Å². The van der Waals surface area contributed by atoms with E-state index in [2.05, 4.69) is 30.7 Å². The molecule has 20 heavy (non-hydrogen) atoms. The summed E-state index contributed by atoms with van der Waals surface area (Å²) in [5.41, 5.74) is 2.50. The molecule has 3 heteroatoms. The summed E-state index contributed by atoms with van der Waals surface area (Å²) in [5.74, 6) is 0.916. The predicted octanol–water partition coefficient (Wildman–Crippen LogP) is 4.35. The third-order valence-corrected chi connectivity index (χ3v) is 3.09. The van der Waals surface area contributed by atoms with Crippen LogP contribution in [0.5, 0.6) is 5.75 Å². The summed E-state index contributed by atoms with van der Waals surface area (Å²) in [4.78, 5) is 8.05. The fourth-order valence-corrected chi connectivity index (χ4v) is 1.98. The van der Waals surface area contributed by atoms with Crippen molar-refractivity contribution >= 4 is 0 Å². The monoisotopic (exact) mass is 270 g/mol. The Morgan fingerprint density at radius 3 is 2.20 bits per heavy atom. The molecule has 0 saturated heterocycles. The maximum absolute atomic E-state index is 5.76. The number of hydrogen-bond donors (Lipinski definition) is 0. The molecule has 0 radical (unpaired) electrons. The molecule has 0 saturated carbocycles. The number of rotatable bonds is 5. The Kier molecular flexibility index (Phi) is 4.72. The van der Waals surface area contributed by atoms with E-state index in [1.165, 1.54) is 12.7 Å². The molecule has 106 valence electrons. The quantitative estimate of drug-likeness (QED) is 0.758. The molecule has 1 aromatic heterocycles. The van der Waals surface area contributed by atoms with Gasteiger partial charge in [-0.05, 0) is 36.0 Å². The Hall–Kier alpha value is -1.90. The molecule has 0 spiro atoms. The highest BCUT2D eigenvalue weighted by molar-refractivity contribution is 5.62. The average molecular weight is 270 g/mol. The van der Waals surface area contributed by atoms with Gasteiger partial charge < -0.3 is 4.74 Å². The van der Waals surface area contributed by atoms with Gasteiger partial charge in [0.25, 0.3) is 0 Å². The molecule has 2 aromatic rings. The predicted molar refractivity (Wildman–Crippen MR) is 81.7 cm³/mol. The number of hydrogen-bond acceptors (Lipinski definition) is 3. The Balaban J connectivity index is 1.86. The van der Waals surface area contributed by atoms with E-state index < -0.39 is 0 Å². The van der Waals surface area contributed by atoms with E-state index in [1.54, 1.807) is 0 Å². The molecular formula is C17H22N2O. The molecule has 0 aliphatic heterocycles. The van der Waals surface area contributed by atoms with Crippen LogP contribution in [-0.4, -0.2) is 16.6 Å². The van der Waals surface area contributed by atoms with Gasteiger partial charge in [-0.1, -0.05) is 32.9 Å². The van der Waals surface area contributed by atoms with Crippen molar-refractivity contribution in [2.45, 2.75) is 33.6 Å². The highest BCUT2D eigenvalue weighted by Crippen LogP contribution is 2.23. The summed E-state index contributed by atoms with van der Waals surface area (Å²) in [6.07, 6.45) is 7.42. The largest absolute Gasteiger partial charge is 0.494 e. The van der Waals surface area contributed by atoms with Gasteiger partial charge >= 0.3 is 0 Å². The van der Waals surface area contributed by atoms with Crippen LogP contribution in [0.1, 0.15) is 33.6 Å². The van der Waals surface area contributed by atoms with Crippen molar-refractivity contribution in [2.75, 3.05) is 6.61 Å². The minimum atomic E-state index is 0.376. The minimum absolute atomic E-state index is 0.376. The van der Waals surface area contributed by atoms with Crippen LogP contribution >= 0.6 is 0 Å². The van der Waals surface area contributed by atoms with Gasteiger partial charge in [0.15, 0.2) is 0 Å². The van der Waals surface area contributed by atoms with Crippen LogP contribution in [0.2, 0.25) is 0 Å². The van der Waals surface area contributed by atoms with Gasteiger partial charge in [0.1, 0.15) is 12.1 Å². The summed E-state index contributed by atoms with van der Waals surface area (Å²) in [5, 5.41) is 0. The maximum atomic E-state index is 5.76. The number of aromatic nitrogens is 2. The van der Waals surface area contributed by atoms with E-state index in [9.17, 15) is 0 Å². The van der Waals surface area contributed by atoms with Crippen molar-refractivity contribution in [3.05, 3.63) is 43.0 Å². The highest BCUT2D eigenvalue weighted by atomic mass is 16.5. The minimum Gasteiger partial charge on any atom is -0.494 e. The second-order valence-corrected chi connectivity index (χ2v) is 6.16. The first-order valence-electron chi connectivity index (χ1n) is 7.03. The molecular weight excluding hydrogens is 248 g/mol. The number of benzene rings is 1. The van der Waals surface area contributed by atoms with E-state index in [0.29, 0.717) is 5.41 Å². The fourth-order valence-electron chi connectivity index (χ4n) is 1.98. The summed E-state index contributed by atoms with van der Waals surface area (Å²) in [7, 11) is 0. The van der Waals surface area contributed by atoms with E-state index in [-0.39, 0.29) is 0 Å². The van der Waals surface area contributed by atoms with Crippen LogP contribution in [0.3, 0.4) is 0 Å². The number of nitrogens with zero attached hydrogens (tertiary/aromatic N) is 2. The second-order valence-electron chi connectivity index (χ2n) is 6.16. The second kappa shape index (κ2) is 6.51. The first-order valence-corrected chi connectivity index (χ1v) is 7.03. The maximum Gasteiger partial charge on any atom is 0.119 e. The molecule has 0 atom stereocenters. The zero-order valence-electron chi connectivity index (χ0n) is 12.5. The Morgan fingerprint density at radius 1 is 0.950 bits per heavy atom. The van der Waals surface area contributed by atoms with Crippen LogP contribution in [0.15, 0.2) is 43.0 Å². The molecule has 0 fully saturated rings. The van der Waals surface area contributed by atoms with E-state index >= 15 is 0 Å². The SMILES string of the molecule is CC(C)(C)CCCOc1ccc(-c2cncnc2)cc1. The zero-order chi connectivity index (χ0) is 14.4. The lowest BCUT2D eigenvalue weighted by Crippen LogP contribution is -2.07. The van der Waals surface area contributed by atoms with E-state index in [1.807, 2.05) is 36.7 Å². The normalized spacial score (nSPS) is 11.3. The summed E-state index contributed by atoms with van der Waals surface area (Å²) in [6, 6.07) is 8.08. The molecule has 0 aliphatic rings. The molecule has 1 aromatic carbocycles. The summed E-state index contributed by atoms with van der Waals surface area (Å²) < 4.78 is 5.76. The molecule has 0 aliphatic carbocycles. The van der Waals surface area contributed by atoms with Crippen molar-refractivity contribution in [1.29, 1.82) is 0 Å². The molecule has 2 rings (SSSR count). The van der Waals surface area contributed by atoms with Gasteiger partial charge in [0.05, 0.1) is 6.61 Å². The van der Waals surface area contributed by atoms with Gasteiger partial charge in [0.2, 0.25) is 0 Å². The van der Waals surface area contributed by atoms with Crippen LogP contribution in [0.4, 0.5) is 0 Å². The third kappa shape index (κ3) is 4.65. The van der Waals surface area contributed by atoms with Crippen molar-refractivity contribution in [3.63, 3.8) is 0 Å². The van der Waals surface area contributed by atoms with Crippen LogP contribution in [-0.2, 0) is 0 Å². The van der Waals surface area contributed by atoms with Crippen molar-refractivity contribution in [2.24, 2.45) is 5.41 Å². The van der Waals surface area contributed by atoms with E-state index in [4.69, 9.17) is 4.74 Å². The Labute approximate surface area is 121 Å². The zero-order valence-corrected chi connectivity index (χ0v) is 12.5. The van der Waals surface area contributed by atoms with E-state index in [0.717, 1.165) is 29.9 Å². The van der Waals surface area contributed by atoms with Gasteiger partial charge in [-0.2, -0.15) is 0 Å². The molecule has 0 N–H and O–H groups in total.